The number of rotatable bonds is 1. The summed E-state index contributed by atoms with van der Waals surface area (Å²) < 4.78 is 0. The van der Waals surface area contributed by atoms with Gasteiger partial charge in [-0.2, -0.15) is 0 Å². The molecule has 16 heavy (non-hydrogen) atoms. The predicted octanol–water partition coefficient (Wildman–Crippen LogP) is 1.58. The third-order valence-electron chi connectivity index (χ3n) is 4.09. The van der Waals surface area contributed by atoms with Gasteiger partial charge in [0, 0.05) is 25.2 Å². The zero-order valence-electron chi connectivity index (χ0n) is 9.73. The molecule has 2 atom stereocenters. The number of hydrogen-bond donors (Lipinski definition) is 1. The molecule has 1 aliphatic heterocycles. The van der Waals surface area contributed by atoms with Crippen molar-refractivity contribution < 1.29 is 0 Å². The minimum absolute atomic E-state index is 0.414. The fourth-order valence-corrected chi connectivity index (χ4v) is 3.14. The first-order chi connectivity index (χ1) is 7.83. The van der Waals surface area contributed by atoms with Crippen molar-refractivity contribution >= 4 is 0 Å². The Bertz CT molecular complexity index is 375. The van der Waals surface area contributed by atoms with Crippen LogP contribution in [0.4, 0.5) is 0 Å². The lowest BCUT2D eigenvalue weighted by Crippen LogP contribution is -2.39. The van der Waals surface area contributed by atoms with Crippen molar-refractivity contribution in [3.8, 4) is 0 Å². The van der Waals surface area contributed by atoms with E-state index in [1.54, 1.807) is 11.1 Å². The lowest BCUT2D eigenvalue weighted by molar-refractivity contribution is 0.219. The molecule has 1 fully saturated rings. The molecule has 3 rings (SSSR count). The summed E-state index contributed by atoms with van der Waals surface area (Å²) in [6.45, 7) is 2.31. The van der Waals surface area contributed by atoms with Crippen LogP contribution in [0.5, 0.6) is 0 Å². The van der Waals surface area contributed by atoms with Crippen molar-refractivity contribution in [3.05, 3.63) is 35.4 Å². The van der Waals surface area contributed by atoms with Crippen LogP contribution < -0.4 is 5.73 Å². The quantitative estimate of drug-likeness (QED) is 0.772. The van der Waals surface area contributed by atoms with Crippen LogP contribution in [0.3, 0.4) is 0 Å². The topological polar surface area (TPSA) is 29.3 Å². The maximum atomic E-state index is 5.98. The monoisotopic (exact) mass is 216 g/mol. The summed E-state index contributed by atoms with van der Waals surface area (Å²) >= 11 is 0. The smallest absolute Gasteiger partial charge is 0.0180 e. The lowest BCUT2D eigenvalue weighted by atomic mass is 9.88. The minimum atomic E-state index is 0.414. The molecule has 0 saturated carbocycles. The van der Waals surface area contributed by atoms with Crippen LogP contribution in [0.1, 0.15) is 24.0 Å². The molecule has 1 aromatic rings. The molecule has 0 aromatic heterocycles. The van der Waals surface area contributed by atoms with Crippen molar-refractivity contribution in [1.82, 2.24) is 4.90 Å². The summed E-state index contributed by atoms with van der Waals surface area (Å²) in [4.78, 5) is 2.60. The van der Waals surface area contributed by atoms with Gasteiger partial charge in [0.15, 0.2) is 0 Å². The van der Waals surface area contributed by atoms with Gasteiger partial charge in [-0.15, -0.1) is 0 Å². The highest BCUT2D eigenvalue weighted by Gasteiger charge is 2.28. The molecule has 2 heteroatoms. The van der Waals surface area contributed by atoms with Gasteiger partial charge in [-0.05, 0) is 36.8 Å². The minimum Gasteiger partial charge on any atom is -0.326 e. The van der Waals surface area contributed by atoms with Crippen LogP contribution in [0.25, 0.3) is 0 Å². The third kappa shape index (κ3) is 1.87. The molecule has 86 valence electrons. The Morgan fingerprint density at radius 3 is 2.69 bits per heavy atom. The summed E-state index contributed by atoms with van der Waals surface area (Å²) in [7, 11) is 0. The second-order valence-corrected chi connectivity index (χ2v) is 5.21. The first kappa shape index (κ1) is 10.3. The number of hydrogen-bond acceptors (Lipinski definition) is 2. The average Bonchev–Trinajstić information content (AvgIpc) is 2.75. The van der Waals surface area contributed by atoms with Gasteiger partial charge in [-0.25, -0.2) is 0 Å². The van der Waals surface area contributed by atoms with E-state index in [1.165, 1.54) is 32.2 Å². The van der Waals surface area contributed by atoms with Crippen LogP contribution in [0, 0.1) is 0 Å². The van der Waals surface area contributed by atoms with Crippen molar-refractivity contribution in [3.63, 3.8) is 0 Å². The van der Waals surface area contributed by atoms with Gasteiger partial charge in [0.2, 0.25) is 0 Å². The largest absolute Gasteiger partial charge is 0.326 e. The molecular formula is C14H20N2. The van der Waals surface area contributed by atoms with E-state index in [4.69, 9.17) is 5.73 Å². The molecule has 1 saturated heterocycles. The van der Waals surface area contributed by atoms with E-state index in [-0.39, 0.29) is 0 Å². The van der Waals surface area contributed by atoms with E-state index in [9.17, 15) is 0 Å². The molecule has 2 aliphatic rings. The predicted molar refractivity (Wildman–Crippen MR) is 66.4 cm³/mol. The van der Waals surface area contributed by atoms with Crippen molar-refractivity contribution in [2.24, 2.45) is 5.73 Å². The summed E-state index contributed by atoms with van der Waals surface area (Å²) in [5.74, 6) is 0. The van der Waals surface area contributed by atoms with Crippen LogP contribution in [0.15, 0.2) is 24.3 Å². The van der Waals surface area contributed by atoms with E-state index >= 15 is 0 Å². The Balaban J connectivity index is 1.73. The first-order valence-corrected chi connectivity index (χ1v) is 6.39. The second kappa shape index (κ2) is 4.19. The average molecular weight is 216 g/mol. The van der Waals surface area contributed by atoms with Gasteiger partial charge >= 0.3 is 0 Å². The van der Waals surface area contributed by atoms with Gasteiger partial charge in [-0.1, -0.05) is 24.3 Å². The highest BCUT2D eigenvalue weighted by Crippen LogP contribution is 2.26. The molecular weight excluding hydrogens is 196 g/mol. The third-order valence-corrected chi connectivity index (χ3v) is 4.09. The molecule has 0 unspecified atom stereocenters. The Kier molecular flexibility index (Phi) is 2.70. The summed E-state index contributed by atoms with van der Waals surface area (Å²) in [5.41, 5.74) is 9.10. The maximum absolute atomic E-state index is 5.98. The molecule has 1 aliphatic carbocycles. The highest BCUT2D eigenvalue weighted by molar-refractivity contribution is 5.30. The van der Waals surface area contributed by atoms with Crippen molar-refractivity contribution in [2.75, 3.05) is 13.1 Å². The van der Waals surface area contributed by atoms with Crippen LogP contribution >= 0.6 is 0 Å². The van der Waals surface area contributed by atoms with Crippen LogP contribution in [-0.2, 0) is 12.8 Å². The Morgan fingerprint density at radius 1 is 1.12 bits per heavy atom. The fraction of sp³-hybridized carbons (Fsp3) is 0.571. The van der Waals surface area contributed by atoms with Gasteiger partial charge in [-0.3, -0.25) is 4.90 Å². The molecule has 1 heterocycles. The summed E-state index contributed by atoms with van der Waals surface area (Å²) in [6.07, 6.45) is 4.96. The number of benzene rings is 1. The summed E-state index contributed by atoms with van der Waals surface area (Å²) in [6, 6.07) is 10.0. The molecule has 0 amide bonds. The van der Waals surface area contributed by atoms with Crippen molar-refractivity contribution in [2.45, 2.75) is 37.8 Å². The SMILES string of the molecule is N[C@H]1CCN([C@H]2CCc3ccccc3C2)C1. The first-order valence-electron chi connectivity index (χ1n) is 6.39. The van der Waals surface area contributed by atoms with E-state index in [1.807, 2.05) is 0 Å². The number of nitrogens with zero attached hydrogens (tertiary/aromatic N) is 1. The van der Waals surface area contributed by atoms with E-state index in [2.05, 4.69) is 29.2 Å². The fourth-order valence-electron chi connectivity index (χ4n) is 3.14. The van der Waals surface area contributed by atoms with Gasteiger partial charge in [0.05, 0.1) is 0 Å². The number of nitrogens with two attached hydrogens (primary N) is 1. The zero-order valence-corrected chi connectivity index (χ0v) is 9.73. The van der Waals surface area contributed by atoms with Crippen LogP contribution in [0.2, 0.25) is 0 Å². The van der Waals surface area contributed by atoms with E-state index in [0.29, 0.717) is 6.04 Å². The normalized spacial score (nSPS) is 30.3. The highest BCUT2D eigenvalue weighted by atomic mass is 15.2. The Hall–Kier alpha value is -0.860. The van der Waals surface area contributed by atoms with Crippen LogP contribution in [-0.4, -0.2) is 30.1 Å². The standard InChI is InChI=1S/C14H20N2/c15-13-7-8-16(10-13)14-6-5-11-3-1-2-4-12(11)9-14/h1-4,13-14H,5-10,15H2/t13-,14-/m0/s1. The van der Waals surface area contributed by atoms with Crippen molar-refractivity contribution in [1.29, 1.82) is 0 Å². The number of likely N-dealkylation sites (tertiary alicyclic amines) is 1. The van der Waals surface area contributed by atoms with Gasteiger partial charge in [0.25, 0.3) is 0 Å². The zero-order chi connectivity index (χ0) is 11.0. The van der Waals surface area contributed by atoms with Gasteiger partial charge in [0.1, 0.15) is 0 Å². The van der Waals surface area contributed by atoms with E-state index in [0.717, 1.165) is 12.6 Å². The maximum Gasteiger partial charge on any atom is 0.0180 e. The van der Waals surface area contributed by atoms with E-state index < -0.39 is 0 Å². The second-order valence-electron chi connectivity index (χ2n) is 5.21. The molecule has 0 bridgehead atoms. The number of fused-ring (bicyclic) bond motifs is 1. The summed E-state index contributed by atoms with van der Waals surface area (Å²) in [5, 5.41) is 0. The Labute approximate surface area is 97.4 Å². The molecule has 0 radical (unpaired) electrons. The molecule has 2 nitrogen and oxygen atoms in total. The Morgan fingerprint density at radius 2 is 1.94 bits per heavy atom. The number of aryl methyl sites for hydroxylation is 1. The lowest BCUT2D eigenvalue weighted by Gasteiger charge is -2.32. The molecule has 2 N–H and O–H groups in total. The van der Waals surface area contributed by atoms with Gasteiger partial charge < -0.3 is 5.73 Å². The molecule has 1 aromatic carbocycles. The molecule has 0 spiro atoms.